The first-order valence-corrected chi connectivity index (χ1v) is 12.9. The molecule has 0 unspecified atom stereocenters. The second-order valence-electron chi connectivity index (χ2n) is 8.85. The smallest absolute Gasteiger partial charge is 0.416 e. The molecule has 5 rings (SSSR count). The molecule has 3 aromatic rings. The molecule has 0 amide bonds. The number of ether oxygens (including phenoxy) is 2. The summed E-state index contributed by atoms with van der Waals surface area (Å²) >= 11 is 1.21. The van der Waals surface area contributed by atoms with Crippen LogP contribution in [0.25, 0.3) is 5.57 Å². The third kappa shape index (κ3) is 5.82. The van der Waals surface area contributed by atoms with Gasteiger partial charge in [-0.25, -0.2) is 0 Å². The van der Waals surface area contributed by atoms with E-state index in [2.05, 4.69) is 25.4 Å². The highest BCUT2D eigenvalue weighted by Crippen LogP contribution is 2.39. The van der Waals surface area contributed by atoms with E-state index in [-0.39, 0.29) is 23.6 Å². The number of morpholine rings is 1. The zero-order valence-corrected chi connectivity index (χ0v) is 21.4. The predicted molar refractivity (Wildman–Crippen MR) is 139 cm³/mol. The minimum Gasteiger partial charge on any atom is -0.497 e. The molecule has 1 saturated heterocycles. The molecule has 1 fully saturated rings. The number of methoxy groups -OCH3 is 1. The van der Waals surface area contributed by atoms with Gasteiger partial charge in [0.1, 0.15) is 5.75 Å². The number of anilines is 1. The molecule has 0 radical (unpaired) electrons. The first-order valence-electron chi connectivity index (χ1n) is 12.0. The second-order valence-corrected chi connectivity index (χ2v) is 9.85. The molecule has 0 aliphatic carbocycles. The minimum absolute atomic E-state index is 0.0572. The zero-order valence-electron chi connectivity index (χ0n) is 20.6. The molecule has 3 heterocycles. The van der Waals surface area contributed by atoms with Gasteiger partial charge in [0.05, 0.1) is 42.3 Å². The first kappa shape index (κ1) is 26.1. The lowest BCUT2D eigenvalue weighted by Crippen LogP contribution is -2.38. The summed E-state index contributed by atoms with van der Waals surface area (Å²) in [7, 11) is 1.33. The summed E-state index contributed by atoms with van der Waals surface area (Å²) in [6.07, 6.45) is -3.08. The van der Waals surface area contributed by atoms with Crippen molar-refractivity contribution in [2.75, 3.05) is 51.8 Å². The highest BCUT2D eigenvalue weighted by molar-refractivity contribution is 7.16. The third-order valence-electron chi connectivity index (χ3n) is 6.42. The molecule has 200 valence electrons. The van der Waals surface area contributed by atoms with Gasteiger partial charge in [-0.3, -0.25) is 4.90 Å². The maximum Gasteiger partial charge on any atom is 0.416 e. The van der Waals surface area contributed by atoms with E-state index in [4.69, 9.17) is 9.47 Å². The summed E-state index contributed by atoms with van der Waals surface area (Å²) in [6, 6.07) is 9.25. The number of nitrogens with one attached hydrogen (secondary N) is 1. The summed E-state index contributed by atoms with van der Waals surface area (Å²) in [5.74, 6) is -0.120. The Morgan fingerprint density at radius 3 is 2.76 bits per heavy atom. The maximum atomic E-state index is 14.0. The van der Waals surface area contributed by atoms with Crippen molar-refractivity contribution in [3.8, 4) is 11.6 Å². The van der Waals surface area contributed by atoms with Crippen molar-refractivity contribution in [1.82, 2.24) is 9.88 Å². The fourth-order valence-corrected chi connectivity index (χ4v) is 5.37. The van der Waals surface area contributed by atoms with Crippen LogP contribution in [0.5, 0.6) is 11.6 Å². The summed E-state index contributed by atoms with van der Waals surface area (Å²) < 4.78 is 52.4. The number of rotatable bonds is 8. The summed E-state index contributed by atoms with van der Waals surface area (Å²) in [5.41, 5.74) is 0.528. The molecule has 2 aliphatic rings. The van der Waals surface area contributed by atoms with Gasteiger partial charge in [-0.2, -0.15) is 28.4 Å². The van der Waals surface area contributed by atoms with Gasteiger partial charge in [0, 0.05) is 38.2 Å². The van der Waals surface area contributed by atoms with E-state index in [0.717, 1.165) is 31.3 Å². The number of aromatic nitrogens is 1. The quantitative estimate of drug-likeness (QED) is 0.452. The normalized spacial score (nSPS) is 16.2. The number of fused-ring (bicyclic) bond motifs is 1. The molecule has 12 heteroatoms. The molecule has 2 N–H and O–H groups in total. The average molecular weight is 546 g/mol. The molecule has 8 nitrogen and oxygen atoms in total. The molecule has 0 atom stereocenters. The summed E-state index contributed by atoms with van der Waals surface area (Å²) in [5, 5.41) is 23.8. The number of benzene rings is 2. The summed E-state index contributed by atoms with van der Waals surface area (Å²) in [4.78, 5) is 6.93. The molecule has 0 spiro atoms. The van der Waals surface area contributed by atoms with E-state index >= 15 is 0 Å². The van der Waals surface area contributed by atoms with E-state index < -0.39 is 11.7 Å². The number of thiazole rings is 1. The molecule has 2 aromatic carbocycles. The van der Waals surface area contributed by atoms with Crippen LogP contribution in [0.15, 0.2) is 46.6 Å². The molecule has 0 bridgehead atoms. The minimum atomic E-state index is -4.58. The van der Waals surface area contributed by atoms with Gasteiger partial charge >= 0.3 is 6.18 Å². The Balaban J connectivity index is 1.51. The second kappa shape index (κ2) is 11.1. The van der Waals surface area contributed by atoms with E-state index in [1.54, 1.807) is 18.3 Å². The van der Waals surface area contributed by atoms with Crippen LogP contribution in [0.1, 0.15) is 21.6 Å². The Hall–Kier alpha value is -3.48. The highest BCUT2D eigenvalue weighted by Gasteiger charge is 2.34. The van der Waals surface area contributed by atoms with Gasteiger partial charge in [0.2, 0.25) is 5.88 Å². The van der Waals surface area contributed by atoms with Crippen molar-refractivity contribution in [3.63, 3.8) is 0 Å². The Kier molecular flexibility index (Phi) is 7.63. The lowest BCUT2D eigenvalue weighted by Gasteiger charge is -2.26. The molecule has 0 saturated carbocycles. The van der Waals surface area contributed by atoms with Crippen LogP contribution < -0.4 is 20.6 Å². The topological polar surface area (TPSA) is 91.6 Å². The standard InChI is InChI=1S/C26H26F3N5O3S/c1-36-19-4-2-17(21(14-19)26(27,28)29)13-20(16-3-5-22-18(12-16)15-31-33-22)23-24(35)32-25(38-23)30-6-7-34-8-10-37-11-9-34/h2-5,12,14-15,35H,6-11,13H2,1H3,(H,30,32). The van der Waals surface area contributed by atoms with Gasteiger partial charge in [-0.1, -0.05) is 23.5 Å². The van der Waals surface area contributed by atoms with Crippen LogP contribution in [0, 0.1) is 0 Å². The van der Waals surface area contributed by atoms with E-state index in [0.29, 0.717) is 45.9 Å². The SMILES string of the molecule is COc1ccc(CC(c2sc(NCCN3CCOCC3)nc2O)=c2ccc3c(c2)C=NN=3)c(C(F)(F)F)c1. The van der Waals surface area contributed by atoms with Crippen LogP contribution >= 0.6 is 11.3 Å². The van der Waals surface area contributed by atoms with Crippen molar-refractivity contribution in [3.05, 3.63) is 68.5 Å². The van der Waals surface area contributed by atoms with Crippen LogP contribution in [-0.4, -0.2) is 67.7 Å². The Morgan fingerprint density at radius 1 is 1.18 bits per heavy atom. The van der Waals surface area contributed by atoms with Gasteiger partial charge in [0.25, 0.3) is 0 Å². The Bertz CT molecular complexity index is 1470. The number of alkyl halides is 3. The Labute approximate surface area is 220 Å². The lowest BCUT2D eigenvalue weighted by molar-refractivity contribution is -0.138. The maximum absolute atomic E-state index is 14.0. The van der Waals surface area contributed by atoms with E-state index in [1.165, 1.54) is 30.6 Å². The van der Waals surface area contributed by atoms with Crippen molar-refractivity contribution in [1.29, 1.82) is 0 Å². The third-order valence-corrected chi connectivity index (χ3v) is 7.48. The van der Waals surface area contributed by atoms with E-state index in [9.17, 15) is 18.3 Å². The largest absolute Gasteiger partial charge is 0.497 e. The molecule has 38 heavy (non-hydrogen) atoms. The molecular weight excluding hydrogens is 519 g/mol. The predicted octanol–water partition coefficient (Wildman–Crippen LogP) is 3.03. The number of nitrogens with zero attached hydrogens (tertiary/aromatic N) is 4. The fraction of sp³-hybridized carbons (Fsp3) is 0.346. The van der Waals surface area contributed by atoms with Crippen molar-refractivity contribution in [2.24, 2.45) is 10.2 Å². The average Bonchev–Trinajstić information content (AvgIpc) is 3.53. The molecular formula is C26H26F3N5O3S. The zero-order chi connectivity index (χ0) is 26.7. The van der Waals surface area contributed by atoms with Crippen LogP contribution in [0.3, 0.4) is 0 Å². The number of hydrogen-bond acceptors (Lipinski definition) is 9. The summed E-state index contributed by atoms with van der Waals surface area (Å²) in [6.45, 7) is 4.49. The van der Waals surface area contributed by atoms with Gasteiger partial charge in [-0.15, -0.1) is 0 Å². The Morgan fingerprint density at radius 2 is 2.00 bits per heavy atom. The van der Waals surface area contributed by atoms with E-state index in [1.807, 2.05) is 6.07 Å². The molecule has 1 aromatic heterocycles. The number of aromatic hydroxyl groups is 1. The number of hydrogen-bond donors (Lipinski definition) is 2. The lowest BCUT2D eigenvalue weighted by atomic mass is 9.96. The van der Waals surface area contributed by atoms with Crippen molar-refractivity contribution >= 4 is 28.3 Å². The van der Waals surface area contributed by atoms with Gasteiger partial charge < -0.3 is 19.9 Å². The van der Waals surface area contributed by atoms with Crippen molar-refractivity contribution in [2.45, 2.75) is 12.6 Å². The monoisotopic (exact) mass is 545 g/mol. The van der Waals surface area contributed by atoms with Gasteiger partial charge in [0.15, 0.2) is 5.13 Å². The first-order chi connectivity index (χ1) is 18.3. The van der Waals surface area contributed by atoms with Crippen LogP contribution in [-0.2, 0) is 17.3 Å². The van der Waals surface area contributed by atoms with Crippen molar-refractivity contribution < 1.29 is 27.8 Å². The van der Waals surface area contributed by atoms with Crippen LogP contribution in [0.2, 0.25) is 0 Å². The highest BCUT2D eigenvalue weighted by atomic mass is 32.1. The fourth-order valence-electron chi connectivity index (χ4n) is 4.42. The molecule has 2 aliphatic heterocycles. The van der Waals surface area contributed by atoms with Gasteiger partial charge in [-0.05, 0) is 40.6 Å². The van der Waals surface area contributed by atoms with Crippen LogP contribution in [0.4, 0.5) is 18.3 Å². The number of halogens is 3.